The Kier molecular flexibility index (Phi) is 5.19. The van der Waals surface area contributed by atoms with Crippen LogP contribution in [0, 0.1) is 5.92 Å². The molecule has 0 bridgehead atoms. The summed E-state index contributed by atoms with van der Waals surface area (Å²) in [6.07, 6.45) is -2.88. The molecule has 0 aromatic rings. The highest BCUT2D eigenvalue weighted by molar-refractivity contribution is 4.83. The number of hydrogen-bond donors (Lipinski definition) is 1. The Morgan fingerprint density at radius 1 is 1.35 bits per heavy atom. The van der Waals surface area contributed by atoms with E-state index in [9.17, 15) is 17.6 Å². The van der Waals surface area contributed by atoms with Crippen molar-refractivity contribution < 1.29 is 17.6 Å². The molecule has 1 atom stereocenters. The third-order valence-corrected chi connectivity index (χ3v) is 3.07. The highest BCUT2D eigenvalue weighted by atomic mass is 19.3. The van der Waals surface area contributed by atoms with Crippen molar-refractivity contribution in [2.45, 2.75) is 38.7 Å². The summed E-state index contributed by atoms with van der Waals surface area (Å²) in [5.74, 6) is -3.61. The van der Waals surface area contributed by atoms with Crippen molar-refractivity contribution in [2.75, 3.05) is 26.2 Å². The lowest BCUT2D eigenvalue weighted by Gasteiger charge is -2.29. The minimum absolute atomic E-state index is 0.0889. The number of rotatable bonds is 4. The number of alkyl halides is 4. The minimum Gasteiger partial charge on any atom is -0.312 e. The Labute approximate surface area is 99.4 Å². The maximum Gasteiger partial charge on any atom is 0.319 e. The van der Waals surface area contributed by atoms with E-state index in [1.165, 1.54) is 4.90 Å². The van der Waals surface area contributed by atoms with Gasteiger partial charge in [-0.2, -0.15) is 8.78 Å². The standard InChI is InChI=1S/C11H20F4N2/c1-8(2)9-6-17(5-3-4-16-9)7-11(14,15)10(12)13/h8-10,16H,3-7H2,1-2H3. The largest absolute Gasteiger partial charge is 0.319 e. The Bertz CT molecular complexity index is 234. The van der Waals surface area contributed by atoms with Crippen LogP contribution in [0.4, 0.5) is 17.6 Å². The smallest absolute Gasteiger partial charge is 0.312 e. The topological polar surface area (TPSA) is 15.3 Å². The van der Waals surface area contributed by atoms with Gasteiger partial charge in [-0.25, -0.2) is 8.78 Å². The lowest BCUT2D eigenvalue weighted by atomic mass is 10.0. The van der Waals surface area contributed by atoms with Crippen LogP contribution < -0.4 is 5.32 Å². The summed E-state index contributed by atoms with van der Waals surface area (Å²) in [4.78, 5) is 1.44. The van der Waals surface area contributed by atoms with Crippen molar-refractivity contribution in [2.24, 2.45) is 5.92 Å². The summed E-state index contributed by atoms with van der Waals surface area (Å²) in [5, 5.41) is 3.25. The molecule has 0 aromatic heterocycles. The first kappa shape index (κ1) is 14.7. The Balaban J connectivity index is 2.57. The lowest BCUT2D eigenvalue weighted by molar-refractivity contribution is -0.142. The third kappa shape index (κ3) is 4.43. The van der Waals surface area contributed by atoms with Crippen molar-refractivity contribution >= 4 is 0 Å². The van der Waals surface area contributed by atoms with Crippen LogP contribution >= 0.6 is 0 Å². The van der Waals surface area contributed by atoms with Gasteiger partial charge < -0.3 is 5.32 Å². The average molecular weight is 256 g/mol. The fraction of sp³-hybridized carbons (Fsp3) is 1.00. The summed E-state index contributed by atoms with van der Waals surface area (Å²) in [5.41, 5.74) is 0. The van der Waals surface area contributed by atoms with E-state index < -0.39 is 18.9 Å². The van der Waals surface area contributed by atoms with E-state index in [2.05, 4.69) is 5.32 Å². The summed E-state index contributed by atoms with van der Waals surface area (Å²) >= 11 is 0. The summed E-state index contributed by atoms with van der Waals surface area (Å²) in [6.45, 7) is 4.73. The molecule has 2 nitrogen and oxygen atoms in total. The maximum atomic E-state index is 13.0. The molecule has 0 spiro atoms. The van der Waals surface area contributed by atoms with E-state index in [1.54, 1.807) is 0 Å². The van der Waals surface area contributed by atoms with Crippen LogP contribution in [0.5, 0.6) is 0 Å². The van der Waals surface area contributed by atoms with E-state index in [-0.39, 0.29) is 6.04 Å². The van der Waals surface area contributed by atoms with E-state index in [4.69, 9.17) is 0 Å². The van der Waals surface area contributed by atoms with Gasteiger partial charge in [-0.15, -0.1) is 0 Å². The van der Waals surface area contributed by atoms with Gasteiger partial charge in [-0.05, 0) is 25.4 Å². The number of nitrogens with one attached hydrogen (secondary N) is 1. The van der Waals surface area contributed by atoms with Crippen molar-refractivity contribution in [3.05, 3.63) is 0 Å². The minimum atomic E-state index is -3.91. The average Bonchev–Trinajstić information content (AvgIpc) is 2.42. The molecule has 1 rings (SSSR count). The highest BCUT2D eigenvalue weighted by Gasteiger charge is 2.42. The zero-order valence-electron chi connectivity index (χ0n) is 10.2. The normalized spacial score (nSPS) is 24.4. The molecule has 0 aliphatic carbocycles. The molecule has 1 fully saturated rings. The molecule has 0 radical (unpaired) electrons. The van der Waals surface area contributed by atoms with E-state index >= 15 is 0 Å². The number of nitrogens with zero attached hydrogens (tertiary/aromatic N) is 1. The van der Waals surface area contributed by atoms with Crippen molar-refractivity contribution in [3.8, 4) is 0 Å². The summed E-state index contributed by atoms with van der Waals surface area (Å²) < 4.78 is 50.2. The molecule has 1 aliphatic heterocycles. The van der Waals surface area contributed by atoms with Crippen LogP contribution in [0.15, 0.2) is 0 Å². The molecule has 1 aliphatic rings. The fourth-order valence-electron chi connectivity index (χ4n) is 1.98. The molecule has 1 unspecified atom stereocenters. The Morgan fingerprint density at radius 3 is 2.53 bits per heavy atom. The second-order valence-electron chi connectivity index (χ2n) is 4.96. The molecule has 0 saturated carbocycles. The van der Waals surface area contributed by atoms with Crippen molar-refractivity contribution in [3.63, 3.8) is 0 Å². The predicted molar refractivity (Wildman–Crippen MR) is 58.6 cm³/mol. The Morgan fingerprint density at radius 2 is 2.00 bits per heavy atom. The van der Waals surface area contributed by atoms with Crippen LogP contribution in [-0.4, -0.2) is 49.5 Å². The molecule has 102 valence electrons. The highest BCUT2D eigenvalue weighted by Crippen LogP contribution is 2.24. The van der Waals surface area contributed by atoms with Gasteiger partial charge in [-0.1, -0.05) is 13.8 Å². The first-order valence-electron chi connectivity index (χ1n) is 5.94. The van der Waals surface area contributed by atoms with E-state index in [0.717, 1.165) is 6.54 Å². The van der Waals surface area contributed by atoms with Gasteiger partial charge in [0.15, 0.2) is 0 Å². The van der Waals surface area contributed by atoms with Gasteiger partial charge in [0.2, 0.25) is 0 Å². The van der Waals surface area contributed by atoms with Crippen molar-refractivity contribution in [1.29, 1.82) is 0 Å². The first-order valence-corrected chi connectivity index (χ1v) is 5.94. The lowest BCUT2D eigenvalue weighted by Crippen LogP contribution is -2.47. The quantitative estimate of drug-likeness (QED) is 0.776. The van der Waals surface area contributed by atoms with E-state index in [1.807, 2.05) is 13.8 Å². The molecule has 17 heavy (non-hydrogen) atoms. The molecule has 0 amide bonds. The fourth-order valence-corrected chi connectivity index (χ4v) is 1.98. The van der Waals surface area contributed by atoms with Crippen LogP contribution in [0.25, 0.3) is 0 Å². The van der Waals surface area contributed by atoms with Gasteiger partial charge >= 0.3 is 12.3 Å². The predicted octanol–water partition coefficient (Wildman–Crippen LogP) is 2.21. The number of hydrogen-bond acceptors (Lipinski definition) is 2. The molecule has 1 heterocycles. The van der Waals surface area contributed by atoms with Gasteiger partial charge in [0.1, 0.15) is 0 Å². The number of halogens is 4. The summed E-state index contributed by atoms with van der Waals surface area (Å²) in [7, 11) is 0. The Hall–Kier alpha value is -0.360. The van der Waals surface area contributed by atoms with E-state index in [0.29, 0.717) is 25.4 Å². The monoisotopic (exact) mass is 256 g/mol. The second-order valence-corrected chi connectivity index (χ2v) is 4.96. The SMILES string of the molecule is CC(C)C1CN(CC(F)(F)C(F)F)CCCN1. The van der Waals surface area contributed by atoms with Crippen LogP contribution in [0.1, 0.15) is 20.3 Å². The van der Waals surface area contributed by atoms with Gasteiger partial charge in [0, 0.05) is 12.6 Å². The van der Waals surface area contributed by atoms with Crippen LogP contribution in [0.2, 0.25) is 0 Å². The molecule has 6 heteroatoms. The zero-order valence-corrected chi connectivity index (χ0v) is 10.2. The third-order valence-electron chi connectivity index (χ3n) is 3.07. The molecular formula is C11H20F4N2. The molecule has 1 N–H and O–H groups in total. The van der Waals surface area contributed by atoms with Crippen LogP contribution in [0.3, 0.4) is 0 Å². The maximum absolute atomic E-state index is 13.0. The van der Waals surface area contributed by atoms with Crippen LogP contribution in [-0.2, 0) is 0 Å². The van der Waals surface area contributed by atoms with Gasteiger partial charge in [-0.3, -0.25) is 4.90 Å². The molecule has 1 saturated heterocycles. The van der Waals surface area contributed by atoms with Crippen molar-refractivity contribution in [1.82, 2.24) is 10.2 Å². The second kappa shape index (κ2) is 6.00. The first-order chi connectivity index (χ1) is 7.83. The van der Waals surface area contributed by atoms with Gasteiger partial charge in [0.05, 0.1) is 6.54 Å². The van der Waals surface area contributed by atoms with Gasteiger partial charge in [0.25, 0.3) is 0 Å². The molecule has 0 aromatic carbocycles. The zero-order chi connectivity index (χ0) is 13.1. The molecular weight excluding hydrogens is 236 g/mol. The summed E-state index contributed by atoms with van der Waals surface area (Å²) in [6, 6.07) is 0.0889.